The molecule has 1 aromatic carbocycles. The van der Waals surface area contributed by atoms with Crippen molar-refractivity contribution >= 4 is 23.4 Å². The molecule has 2 atom stereocenters. The summed E-state index contributed by atoms with van der Waals surface area (Å²) in [5.74, 6) is 0.738. The van der Waals surface area contributed by atoms with Gasteiger partial charge < -0.3 is 10.1 Å². The molecule has 1 fully saturated rings. The van der Waals surface area contributed by atoms with Gasteiger partial charge in [0.25, 0.3) is 0 Å². The number of benzene rings is 1. The van der Waals surface area contributed by atoms with E-state index in [0.29, 0.717) is 11.3 Å². The lowest BCUT2D eigenvalue weighted by molar-refractivity contribution is -0.117. The van der Waals surface area contributed by atoms with E-state index in [2.05, 4.69) is 28.8 Å². The molecule has 0 radical (unpaired) electrons. The van der Waals surface area contributed by atoms with E-state index in [9.17, 15) is 13.6 Å². The third-order valence-corrected chi connectivity index (χ3v) is 5.08. The van der Waals surface area contributed by atoms with E-state index < -0.39 is 6.61 Å². The summed E-state index contributed by atoms with van der Waals surface area (Å²) in [4.78, 5) is 14.3. The molecule has 1 aliphatic rings. The molecule has 1 aromatic rings. The molecule has 2 rings (SSSR count). The Morgan fingerprint density at radius 1 is 1.45 bits per heavy atom. The lowest BCUT2D eigenvalue weighted by atomic mass is 10.2. The molecule has 0 saturated carbocycles. The number of anilines is 1. The summed E-state index contributed by atoms with van der Waals surface area (Å²) in [6.07, 6.45) is 0. The summed E-state index contributed by atoms with van der Waals surface area (Å²) < 4.78 is 29.1. The topological polar surface area (TPSA) is 41.6 Å². The van der Waals surface area contributed by atoms with E-state index in [1.807, 2.05) is 11.8 Å². The van der Waals surface area contributed by atoms with Gasteiger partial charge in [-0.1, -0.05) is 19.1 Å². The molecule has 122 valence electrons. The Morgan fingerprint density at radius 3 is 2.91 bits per heavy atom. The van der Waals surface area contributed by atoms with Crippen LogP contribution in [0.25, 0.3) is 0 Å². The minimum Gasteiger partial charge on any atom is -0.433 e. The Labute approximate surface area is 133 Å². The highest BCUT2D eigenvalue weighted by Gasteiger charge is 2.26. The highest BCUT2D eigenvalue weighted by atomic mass is 32.2. The van der Waals surface area contributed by atoms with Crippen molar-refractivity contribution in [3.05, 3.63) is 24.3 Å². The second kappa shape index (κ2) is 7.78. The van der Waals surface area contributed by atoms with Crippen molar-refractivity contribution < 1.29 is 18.3 Å². The van der Waals surface area contributed by atoms with Crippen molar-refractivity contribution in [1.29, 1.82) is 0 Å². The van der Waals surface area contributed by atoms with E-state index in [-0.39, 0.29) is 23.9 Å². The predicted octanol–water partition coefficient (Wildman–Crippen LogP) is 3.05. The van der Waals surface area contributed by atoms with Crippen LogP contribution < -0.4 is 10.1 Å². The summed E-state index contributed by atoms with van der Waals surface area (Å²) in [7, 11) is 0. The van der Waals surface area contributed by atoms with E-state index in [4.69, 9.17) is 0 Å². The molecule has 1 heterocycles. The van der Waals surface area contributed by atoms with E-state index >= 15 is 0 Å². The fourth-order valence-corrected chi connectivity index (χ4v) is 3.52. The summed E-state index contributed by atoms with van der Waals surface area (Å²) in [5.41, 5.74) is 0.264. The Morgan fingerprint density at radius 2 is 2.18 bits per heavy atom. The molecule has 7 heteroatoms. The summed E-state index contributed by atoms with van der Waals surface area (Å²) in [5, 5.41) is 3.12. The Bertz CT molecular complexity index is 516. The van der Waals surface area contributed by atoms with Gasteiger partial charge in [0.15, 0.2) is 0 Å². The number of hydrogen-bond acceptors (Lipinski definition) is 4. The second-order valence-corrected chi connectivity index (χ2v) is 6.69. The van der Waals surface area contributed by atoms with Crippen LogP contribution in [0.5, 0.6) is 5.75 Å². The number of nitrogens with one attached hydrogen (secondary N) is 1. The molecule has 1 aliphatic heterocycles. The van der Waals surface area contributed by atoms with Crippen LogP contribution in [0, 0.1) is 0 Å². The molecule has 0 aromatic heterocycles. The van der Waals surface area contributed by atoms with Crippen molar-refractivity contribution in [3.8, 4) is 5.75 Å². The maximum atomic E-state index is 12.4. The van der Waals surface area contributed by atoms with Gasteiger partial charge in [-0.2, -0.15) is 20.5 Å². The largest absolute Gasteiger partial charge is 0.433 e. The fraction of sp³-hybridized carbons (Fsp3) is 0.533. The number of alkyl halides is 2. The number of thioether (sulfide) groups is 1. The van der Waals surface area contributed by atoms with Crippen LogP contribution in [0.2, 0.25) is 0 Å². The van der Waals surface area contributed by atoms with Crippen molar-refractivity contribution in [1.82, 2.24) is 4.90 Å². The van der Waals surface area contributed by atoms with Gasteiger partial charge in [0, 0.05) is 23.6 Å². The van der Waals surface area contributed by atoms with Crippen LogP contribution in [0.4, 0.5) is 14.5 Å². The number of carbonyl (C=O) groups is 1. The molecular formula is C15H20F2N2O2S. The molecule has 1 saturated heterocycles. The lowest BCUT2D eigenvalue weighted by Crippen LogP contribution is -2.47. The lowest BCUT2D eigenvalue weighted by Gasteiger charge is -2.36. The van der Waals surface area contributed by atoms with Crippen LogP contribution in [0.1, 0.15) is 13.8 Å². The van der Waals surface area contributed by atoms with Crippen LogP contribution in [-0.2, 0) is 4.79 Å². The van der Waals surface area contributed by atoms with Crippen molar-refractivity contribution in [2.75, 3.05) is 24.2 Å². The minimum absolute atomic E-state index is 0.0264. The smallest absolute Gasteiger partial charge is 0.387 e. The zero-order valence-corrected chi connectivity index (χ0v) is 13.4. The number of amides is 1. The van der Waals surface area contributed by atoms with Gasteiger partial charge in [-0.25, -0.2) is 0 Å². The molecule has 22 heavy (non-hydrogen) atoms. The van der Waals surface area contributed by atoms with Gasteiger partial charge in [-0.3, -0.25) is 9.69 Å². The zero-order chi connectivity index (χ0) is 16.1. The summed E-state index contributed by atoms with van der Waals surface area (Å²) in [6.45, 7) is 2.41. The highest BCUT2D eigenvalue weighted by molar-refractivity contribution is 8.00. The Balaban J connectivity index is 1.97. The van der Waals surface area contributed by atoms with Crippen molar-refractivity contribution in [3.63, 3.8) is 0 Å². The average Bonchev–Trinajstić information content (AvgIpc) is 2.45. The van der Waals surface area contributed by atoms with Crippen LogP contribution in [0.3, 0.4) is 0 Å². The van der Waals surface area contributed by atoms with Gasteiger partial charge >= 0.3 is 6.61 Å². The SMILES string of the molecule is C[C@@H]1SCCN(CC(=O)Nc2ccccc2OC(F)F)[C@H]1C. The van der Waals surface area contributed by atoms with Crippen LogP contribution >= 0.6 is 11.8 Å². The number of para-hydroxylation sites is 2. The second-order valence-electron chi connectivity index (χ2n) is 5.21. The van der Waals surface area contributed by atoms with Crippen molar-refractivity contribution in [2.45, 2.75) is 31.8 Å². The molecule has 4 nitrogen and oxygen atoms in total. The average molecular weight is 330 g/mol. The first-order valence-corrected chi connectivity index (χ1v) is 8.21. The molecule has 0 spiro atoms. The number of hydrogen-bond donors (Lipinski definition) is 1. The summed E-state index contributed by atoms with van der Waals surface area (Å²) >= 11 is 1.89. The number of nitrogens with zero attached hydrogens (tertiary/aromatic N) is 1. The van der Waals surface area contributed by atoms with Gasteiger partial charge in [0.2, 0.25) is 5.91 Å². The molecule has 1 N–H and O–H groups in total. The zero-order valence-electron chi connectivity index (χ0n) is 12.6. The predicted molar refractivity (Wildman–Crippen MR) is 84.7 cm³/mol. The van der Waals surface area contributed by atoms with Crippen LogP contribution in [0.15, 0.2) is 24.3 Å². The monoisotopic (exact) mass is 330 g/mol. The normalized spacial score (nSPS) is 22.6. The van der Waals surface area contributed by atoms with Gasteiger partial charge in [-0.15, -0.1) is 0 Å². The van der Waals surface area contributed by atoms with Gasteiger partial charge in [0.1, 0.15) is 5.75 Å². The maximum absolute atomic E-state index is 12.4. The molecule has 0 bridgehead atoms. The number of halogens is 2. The van der Waals surface area contributed by atoms with Crippen molar-refractivity contribution in [2.24, 2.45) is 0 Å². The minimum atomic E-state index is -2.92. The quantitative estimate of drug-likeness (QED) is 0.901. The van der Waals surface area contributed by atoms with E-state index in [1.54, 1.807) is 18.2 Å². The molecular weight excluding hydrogens is 310 g/mol. The summed E-state index contributed by atoms with van der Waals surface area (Å²) in [6, 6.07) is 6.50. The van der Waals surface area contributed by atoms with Gasteiger partial charge in [-0.05, 0) is 19.1 Å². The standard InChI is InChI=1S/C15H20F2N2O2S/c1-10-11(2)22-8-7-19(10)9-14(20)18-12-5-3-4-6-13(12)21-15(16)17/h3-6,10-11,15H,7-9H2,1-2H3,(H,18,20)/t10-,11-/m0/s1. The molecule has 0 aliphatic carbocycles. The first kappa shape index (κ1) is 17.0. The van der Waals surface area contributed by atoms with Gasteiger partial charge in [0.05, 0.1) is 12.2 Å². The maximum Gasteiger partial charge on any atom is 0.387 e. The highest BCUT2D eigenvalue weighted by Crippen LogP contribution is 2.26. The van der Waals surface area contributed by atoms with Crippen LogP contribution in [-0.4, -0.2) is 47.6 Å². The number of rotatable bonds is 5. The molecule has 1 amide bonds. The van der Waals surface area contributed by atoms with E-state index in [1.165, 1.54) is 6.07 Å². The van der Waals surface area contributed by atoms with E-state index in [0.717, 1.165) is 12.3 Å². The number of carbonyl (C=O) groups excluding carboxylic acids is 1. The number of ether oxygens (including phenoxy) is 1. The third kappa shape index (κ3) is 4.58. The third-order valence-electron chi connectivity index (χ3n) is 3.74. The Hall–Kier alpha value is -1.34. The fourth-order valence-electron chi connectivity index (χ4n) is 2.36. The first-order chi connectivity index (χ1) is 10.5. The Kier molecular flexibility index (Phi) is 6.02. The molecule has 0 unspecified atom stereocenters. The first-order valence-electron chi connectivity index (χ1n) is 7.16.